The minimum atomic E-state index is -3.36. The fourth-order valence-corrected chi connectivity index (χ4v) is 4.77. The zero-order chi connectivity index (χ0) is 24.6. The lowest BCUT2D eigenvalue weighted by Gasteiger charge is -2.16. The molecule has 0 unspecified atom stereocenters. The van der Waals surface area contributed by atoms with E-state index in [1.165, 1.54) is 17.0 Å². The van der Waals surface area contributed by atoms with E-state index in [4.69, 9.17) is 4.74 Å². The number of ether oxygens (including phenoxy) is 1. The van der Waals surface area contributed by atoms with E-state index in [2.05, 4.69) is 5.32 Å². The zero-order valence-electron chi connectivity index (χ0n) is 19.5. The Morgan fingerprint density at radius 2 is 1.68 bits per heavy atom. The third-order valence-electron chi connectivity index (χ3n) is 5.73. The number of hydrogen-bond donors (Lipinski definition) is 1. The molecule has 3 aromatic rings. The number of amides is 2. The number of anilines is 2. The molecule has 4 rings (SSSR count). The van der Waals surface area contributed by atoms with Crippen molar-refractivity contribution >= 4 is 33.0 Å². The molecule has 0 saturated carbocycles. The molecule has 176 valence electrons. The third-order valence-corrected chi connectivity index (χ3v) is 7.90. The molecule has 3 aromatic carbocycles. The lowest BCUT2D eigenvalue weighted by molar-refractivity contribution is -0.115. The van der Waals surface area contributed by atoms with Gasteiger partial charge in [-0.05, 0) is 74.4 Å². The number of hydrogen-bond acceptors (Lipinski definition) is 5. The van der Waals surface area contributed by atoms with Crippen LogP contribution in [-0.4, -0.2) is 32.5 Å². The Balaban J connectivity index is 1.50. The van der Waals surface area contributed by atoms with Gasteiger partial charge < -0.3 is 15.0 Å². The summed E-state index contributed by atoms with van der Waals surface area (Å²) in [7, 11) is -1.67. The van der Waals surface area contributed by atoms with Crippen molar-refractivity contribution in [2.45, 2.75) is 37.3 Å². The first-order valence-electron chi connectivity index (χ1n) is 10.9. The van der Waals surface area contributed by atoms with Gasteiger partial charge in [0.2, 0.25) is 5.91 Å². The van der Waals surface area contributed by atoms with Gasteiger partial charge in [-0.15, -0.1) is 0 Å². The van der Waals surface area contributed by atoms with Gasteiger partial charge in [0.1, 0.15) is 5.75 Å². The second-order valence-corrected chi connectivity index (χ2v) is 11.1. The van der Waals surface area contributed by atoms with Gasteiger partial charge in [-0.1, -0.05) is 18.2 Å². The maximum atomic E-state index is 13.1. The molecule has 8 heteroatoms. The lowest BCUT2D eigenvalue weighted by Crippen LogP contribution is -2.25. The molecule has 0 radical (unpaired) electrons. The third kappa shape index (κ3) is 4.54. The van der Waals surface area contributed by atoms with E-state index >= 15 is 0 Å². The van der Waals surface area contributed by atoms with Crippen molar-refractivity contribution in [3.8, 4) is 11.5 Å². The summed E-state index contributed by atoms with van der Waals surface area (Å²) >= 11 is 0. The Labute approximate surface area is 199 Å². The van der Waals surface area contributed by atoms with Crippen LogP contribution in [0.2, 0.25) is 0 Å². The van der Waals surface area contributed by atoms with E-state index < -0.39 is 15.1 Å². The highest BCUT2D eigenvalue weighted by Crippen LogP contribution is 2.39. The zero-order valence-corrected chi connectivity index (χ0v) is 20.3. The number of fused-ring (bicyclic) bond motifs is 2. The second-order valence-electron chi connectivity index (χ2n) is 8.61. The summed E-state index contributed by atoms with van der Waals surface area (Å²) in [6.07, 6.45) is 0.0636. The number of carbonyl (C=O) groups excluding carboxylic acids is 2. The molecule has 0 saturated heterocycles. The number of nitrogens with zero attached hydrogens (tertiary/aromatic N) is 1. The van der Waals surface area contributed by atoms with E-state index in [1.54, 1.807) is 51.2 Å². The molecule has 0 atom stereocenters. The summed E-state index contributed by atoms with van der Waals surface area (Å²) in [4.78, 5) is 27.5. The van der Waals surface area contributed by atoms with Gasteiger partial charge in [0, 0.05) is 12.7 Å². The topological polar surface area (TPSA) is 92.8 Å². The predicted molar refractivity (Wildman–Crippen MR) is 132 cm³/mol. The Morgan fingerprint density at radius 1 is 1.00 bits per heavy atom. The van der Waals surface area contributed by atoms with E-state index in [0.717, 1.165) is 5.56 Å². The quantitative estimate of drug-likeness (QED) is 0.572. The van der Waals surface area contributed by atoms with Gasteiger partial charge >= 0.3 is 0 Å². The first-order chi connectivity index (χ1) is 16.1. The van der Waals surface area contributed by atoms with E-state index in [1.807, 2.05) is 25.1 Å². The van der Waals surface area contributed by atoms with Crippen molar-refractivity contribution in [2.75, 3.05) is 17.3 Å². The summed E-state index contributed by atoms with van der Waals surface area (Å²) < 4.78 is 30.5. The molecule has 0 aromatic heterocycles. The van der Waals surface area contributed by atoms with Gasteiger partial charge in [-0.3, -0.25) is 9.59 Å². The summed E-state index contributed by atoms with van der Waals surface area (Å²) in [6.45, 7) is 5.20. The highest BCUT2D eigenvalue weighted by Gasteiger charge is 2.26. The Morgan fingerprint density at radius 3 is 2.35 bits per heavy atom. The van der Waals surface area contributed by atoms with Gasteiger partial charge in [0.05, 0.1) is 27.8 Å². The van der Waals surface area contributed by atoms with Crippen molar-refractivity contribution in [1.29, 1.82) is 0 Å². The Kier molecular flexibility index (Phi) is 6.18. The van der Waals surface area contributed by atoms with Crippen molar-refractivity contribution in [1.82, 2.24) is 0 Å². The molecule has 0 spiro atoms. The molecular weight excluding hydrogens is 452 g/mol. The fourth-order valence-electron chi connectivity index (χ4n) is 3.71. The van der Waals surface area contributed by atoms with Crippen molar-refractivity contribution in [3.63, 3.8) is 0 Å². The SMILES string of the molecule is Cc1ccc2c(c1)N(C)C(=O)c1cc(NC(=O)Cc3ccc(S(=O)(=O)C(C)C)cc3)ccc1O2. The van der Waals surface area contributed by atoms with Crippen LogP contribution in [0.4, 0.5) is 11.4 Å². The number of sulfone groups is 1. The number of nitrogens with one attached hydrogen (secondary N) is 1. The minimum Gasteiger partial charge on any atom is -0.454 e. The molecule has 0 aliphatic carbocycles. The van der Waals surface area contributed by atoms with Crippen LogP contribution >= 0.6 is 0 Å². The molecular formula is C26H26N2O5S. The largest absolute Gasteiger partial charge is 0.454 e. The van der Waals surface area contributed by atoms with Crippen molar-refractivity contribution in [3.05, 3.63) is 77.4 Å². The second kappa shape index (κ2) is 8.95. The van der Waals surface area contributed by atoms with E-state index in [9.17, 15) is 18.0 Å². The van der Waals surface area contributed by atoms with Crippen LogP contribution in [0.3, 0.4) is 0 Å². The van der Waals surface area contributed by atoms with Gasteiger partial charge in [-0.25, -0.2) is 8.42 Å². The van der Waals surface area contributed by atoms with Gasteiger partial charge in [0.25, 0.3) is 5.91 Å². The van der Waals surface area contributed by atoms with Gasteiger partial charge in [-0.2, -0.15) is 0 Å². The molecule has 1 heterocycles. The van der Waals surface area contributed by atoms with Crippen LogP contribution in [-0.2, 0) is 21.1 Å². The first-order valence-corrected chi connectivity index (χ1v) is 12.4. The van der Waals surface area contributed by atoms with Crippen LogP contribution < -0.4 is 15.0 Å². The van der Waals surface area contributed by atoms with Gasteiger partial charge in [0.15, 0.2) is 15.6 Å². The van der Waals surface area contributed by atoms with Crippen LogP contribution in [0.5, 0.6) is 11.5 Å². The molecule has 1 aliphatic heterocycles. The summed E-state index contributed by atoms with van der Waals surface area (Å²) in [5, 5.41) is 2.29. The molecule has 2 amide bonds. The highest BCUT2D eigenvalue weighted by molar-refractivity contribution is 7.92. The van der Waals surface area contributed by atoms with Crippen molar-refractivity contribution in [2.24, 2.45) is 0 Å². The average Bonchev–Trinajstić information content (AvgIpc) is 2.89. The Bertz CT molecular complexity index is 1380. The molecule has 7 nitrogen and oxygen atoms in total. The van der Waals surface area contributed by atoms with Crippen LogP contribution in [0, 0.1) is 6.92 Å². The normalized spacial score (nSPS) is 13.1. The number of carbonyl (C=O) groups is 2. The highest BCUT2D eigenvalue weighted by atomic mass is 32.2. The maximum Gasteiger partial charge on any atom is 0.261 e. The monoisotopic (exact) mass is 478 g/mol. The first kappa shape index (κ1) is 23.5. The van der Waals surface area contributed by atoms with Crippen molar-refractivity contribution < 1.29 is 22.7 Å². The van der Waals surface area contributed by atoms with E-state index in [-0.39, 0.29) is 23.1 Å². The summed E-state index contributed by atoms with van der Waals surface area (Å²) in [5.41, 5.74) is 3.18. The lowest BCUT2D eigenvalue weighted by atomic mass is 10.1. The smallest absolute Gasteiger partial charge is 0.261 e. The predicted octanol–water partition coefficient (Wildman–Crippen LogP) is 4.74. The molecule has 0 fully saturated rings. The molecule has 34 heavy (non-hydrogen) atoms. The van der Waals surface area contributed by atoms with Crippen LogP contribution in [0.1, 0.15) is 35.3 Å². The average molecular weight is 479 g/mol. The summed E-state index contributed by atoms with van der Waals surface area (Å²) in [5.74, 6) is 0.477. The van der Waals surface area contributed by atoms with Crippen LogP contribution in [0.15, 0.2) is 65.6 Å². The van der Waals surface area contributed by atoms with E-state index in [0.29, 0.717) is 34.0 Å². The molecule has 0 bridgehead atoms. The Hall–Kier alpha value is -3.65. The number of benzene rings is 3. The number of aryl methyl sites for hydroxylation is 1. The molecule has 1 N–H and O–H groups in total. The minimum absolute atomic E-state index is 0.0636. The standard InChI is InChI=1S/C26H26N2O5S/c1-16(2)34(31,32)20-9-6-18(7-10-20)14-25(29)27-19-8-12-23-21(15-19)26(30)28(4)22-13-17(3)5-11-24(22)33-23/h5-13,15-16H,14H2,1-4H3,(H,27,29). The fraction of sp³-hybridized carbons (Fsp3) is 0.231. The summed E-state index contributed by atoms with van der Waals surface area (Å²) in [6, 6.07) is 16.9. The number of rotatable bonds is 5. The van der Waals surface area contributed by atoms with Crippen LogP contribution in [0.25, 0.3) is 0 Å². The molecule has 1 aliphatic rings. The maximum absolute atomic E-state index is 13.1.